The van der Waals surface area contributed by atoms with Gasteiger partial charge in [0.25, 0.3) is 5.69 Å². The second kappa shape index (κ2) is 9.36. The first kappa shape index (κ1) is 23.8. The lowest BCUT2D eigenvalue weighted by atomic mass is 10.1. The average Bonchev–Trinajstić information content (AvgIpc) is 3.12. The molecule has 0 spiro atoms. The van der Waals surface area contributed by atoms with E-state index in [0.717, 1.165) is 28.6 Å². The van der Waals surface area contributed by atoms with Crippen LogP contribution in [-0.2, 0) is 11.0 Å². The van der Waals surface area contributed by atoms with Gasteiger partial charge < -0.3 is 15.9 Å². The number of hydrogen-bond donors (Lipinski definition) is 2. The van der Waals surface area contributed by atoms with Crippen molar-refractivity contribution in [3.05, 3.63) is 58.1 Å². The number of halogens is 3. The number of aromatic nitrogens is 3. The molecule has 0 saturated carbocycles. The van der Waals surface area contributed by atoms with Crippen molar-refractivity contribution in [3.8, 4) is 17.1 Å². The Kier molecular flexibility index (Phi) is 6.76. The molecule has 0 aliphatic rings. The third-order valence-electron chi connectivity index (χ3n) is 4.44. The third kappa shape index (κ3) is 5.16. The van der Waals surface area contributed by atoms with E-state index in [2.05, 4.69) is 15.5 Å². The number of para-hydroxylation sites is 1. The van der Waals surface area contributed by atoms with Gasteiger partial charge in [-0.15, -0.1) is 10.2 Å². The number of methoxy groups -OCH3 is 1. The zero-order valence-corrected chi connectivity index (χ0v) is 18.0. The second-order valence-electron chi connectivity index (χ2n) is 6.61. The molecule has 33 heavy (non-hydrogen) atoms. The molecule has 3 N–H and O–H groups in total. The summed E-state index contributed by atoms with van der Waals surface area (Å²) in [4.78, 5) is 22.4. The molecule has 0 radical (unpaired) electrons. The summed E-state index contributed by atoms with van der Waals surface area (Å²) >= 11 is 0.870. The Morgan fingerprint density at radius 2 is 1.97 bits per heavy atom. The fraction of sp³-hybridized carbons (Fsp3) is 0.211. The highest BCUT2D eigenvalue weighted by atomic mass is 32.2. The first-order valence-corrected chi connectivity index (χ1v) is 10.1. The Morgan fingerprint density at radius 1 is 1.27 bits per heavy atom. The van der Waals surface area contributed by atoms with Crippen molar-refractivity contribution in [2.75, 3.05) is 18.3 Å². The van der Waals surface area contributed by atoms with E-state index >= 15 is 0 Å². The van der Waals surface area contributed by atoms with Crippen molar-refractivity contribution in [2.45, 2.75) is 23.5 Å². The van der Waals surface area contributed by atoms with Gasteiger partial charge in [0.05, 0.1) is 34.1 Å². The van der Waals surface area contributed by atoms with Crippen molar-refractivity contribution >= 4 is 29.0 Å². The van der Waals surface area contributed by atoms with Crippen LogP contribution in [0.1, 0.15) is 12.5 Å². The fourth-order valence-corrected chi connectivity index (χ4v) is 3.58. The van der Waals surface area contributed by atoms with Crippen LogP contribution in [-0.4, -0.2) is 38.1 Å². The molecule has 1 unspecified atom stereocenters. The largest absolute Gasteiger partial charge is 0.496 e. The summed E-state index contributed by atoms with van der Waals surface area (Å²) in [5, 5.41) is 20.1. The number of anilines is 1. The minimum Gasteiger partial charge on any atom is -0.496 e. The van der Waals surface area contributed by atoms with E-state index in [1.54, 1.807) is 24.3 Å². The van der Waals surface area contributed by atoms with Crippen LogP contribution in [0, 0.1) is 10.1 Å². The highest BCUT2D eigenvalue weighted by Gasteiger charge is 2.36. The number of nitro benzene ring substituents is 1. The SMILES string of the molecule is COc1ccccc1-c1nnc(SC(C)C(=O)Nc2ccc([N+](=O)[O-])cc2C(F)(F)F)n1N. The zero-order chi connectivity index (χ0) is 24.3. The number of rotatable bonds is 7. The number of nitrogens with two attached hydrogens (primary N) is 1. The smallest absolute Gasteiger partial charge is 0.418 e. The van der Waals surface area contributed by atoms with E-state index in [0.29, 0.717) is 17.4 Å². The number of carbonyl (C=O) groups is 1. The lowest BCUT2D eigenvalue weighted by Crippen LogP contribution is -2.25. The summed E-state index contributed by atoms with van der Waals surface area (Å²) in [5.41, 5.74) is -2.13. The van der Waals surface area contributed by atoms with Gasteiger partial charge in [-0.25, -0.2) is 4.68 Å². The van der Waals surface area contributed by atoms with E-state index in [1.807, 2.05) is 0 Å². The van der Waals surface area contributed by atoms with Crippen LogP contribution < -0.4 is 15.9 Å². The van der Waals surface area contributed by atoms with Crippen LogP contribution in [0.4, 0.5) is 24.5 Å². The molecule has 0 bridgehead atoms. The number of amides is 1. The summed E-state index contributed by atoms with van der Waals surface area (Å²) in [6, 6.07) is 9.00. The average molecular weight is 482 g/mol. The summed E-state index contributed by atoms with van der Waals surface area (Å²) < 4.78 is 46.4. The van der Waals surface area contributed by atoms with Crippen molar-refractivity contribution in [3.63, 3.8) is 0 Å². The van der Waals surface area contributed by atoms with Crippen molar-refractivity contribution in [2.24, 2.45) is 0 Å². The highest BCUT2D eigenvalue weighted by molar-refractivity contribution is 8.00. The fourth-order valence-electron chi connectivity index (χ4n) is 2.81. The van der Waals surface area contributed by atoms with Crippen LogP contribution >= 0.6 is 11.8 Å². The summed E-state index contributed by atoms with van der Waals surface area (Å²) in [7, 11) is 1.48. The Balaban J connectivity index is 1.80. The molecule has 1 aromatic heterocycles. The maximum Gasteiger partial charge on any atom is 0.418 e. The number of nitro groups is 1. The van der Waals surface area contributed by atoms with Crippen LogP contribution in [0.15, 0.2) is 47.6 Å². The van der Waals surface area contributed by atoms with E-state index in [9.17, 15) is 28.1 Å². The molecule has 174 valence electrons. The molecule has 0 aliphatic carbocycles. The van der Waals surface area contributed by atoms with Gasteiger partial charge in [-0.3, -0.25) is 14.9 Å². The Labute approximate surface area is 189 Å². The lowest BCUT2D eigenvalue weighted by molar-refractivity contribution is -0.385. The maximum absolute atomic E-state index is 13.3. The number of benzene rings is 2. The molecule has 1 atom stereocenters. The zero-order valence-electron chi connectivity index (χ0n) is 17.2. The number of nitrogens with one attached hydrogen (secondary N) is 1. The van der Waals surface area contributed by atoms with Gasteiger partial charge >= 0.3 is 6.18 Å². The van der Waals surface area contributed by atoms with Crippen LogP contribution in [0.2, 0.25) is 0 Å². The normalized spacial score (nSPS) is 12.3. The molecule has 10 nitrogen and oxygen atoms in total. The summed E-state index contributed by atoms with van der Waals surface area (Å²) in [5.74, 6) is 6.02. The lowest BCUT2D eigenvalue weighted by Gasteiger charge is -2.16. The molecule has 3 rings (SSSR count). The third-order valence-corrected chi connectivity index (χ3v) is 5.50. The Hall–Kier alpha value is -3.81. The predicted octanol–water partition coefficient (Wildman–Crippen LogP) is 3.71. The summed E-state index contributed by atoms with van der Waals surface area (Å²) in [6.07, 6.45) is -4.91. The molecule has 3 aromatic rings. The molecule has 1 amide bonds. The minimum atomic E-state index is -4.91. The van der Waals surface area contributed by atoms with Gasteiger partial charge in [0.15, 0.2) is 5.82 Å². The molecular formula is C19H17F3N6O4S. The van der Waals surface area contributed by atoms with Crippen LogP contribution in [0.25, 0.3) is 11.4 Å². The van der Waals surface area contributed by atoms with Crippen LogP contribution in [0.5, 0.6) is 5.75 Å². The first-order chi connectivity index (χ1) is 15.5. The second-order valence-corrected chi connectivity index (χ2v) is 7.92. The summed E-state index contributed by atoms with van der Waals surface area (Å²) in [6.45, 7) is 1.44. The molecule has 2 aromatic carbocycles. The predicted molar refractivity (Wildman–Crippen MR) is 114 cm³/mol. The van der Waals surface area contributed by atoms with Gasteiger partial charge in [0, 0.05) is 12.1 Å². The number of hydrogen-bond acceptors (Lipinski definition) is 8. The molecule has 14 heteroatoms. The molecule has 1 heterocycles. The molecule has 0 saturated heterocycles. The number of thioether (sulfide) groups is 1. The Morgan fingerprint density at radius 3 is 2.61 bits per heavy atom. The minimum absolute atomic E-state index is 0.137. The number of nitrogens with zero attached hydrogens (tertiary/aromatic N) is 4. The quantitative estimate of drug-likeness (QED) is 0.225. The van der Waals surface area contributed by atoms with Crippen LogP contribution in [0.3, 0.4) is 0 Å². The van der Waals surface area contributed by atoms with Crippen molar-refractivity contribution < 1.29 is 27.6 Å². The number of carbonyl (C=O) groups excluding carboxylic acids is 1. The number of ether oxygens (including phenoxy) is 1. The van der Waals surface area contributed by atoms with Gasteiger partial charge in [-0.05, 0) is 25.1 Å². The van der Waals surface area contributed by atoms with Gasteiger partial charge in [0.1, 0.15) is 5.75 Å². The number of nitrogen functional groups attached to an aromatic ring is 1. The maximum atomic E-state index is 13.3. The van der Waals surface area contributed by atoms with E-state index < -0.39 is 39.2 Å². The molecule has 0 aliphatic heterocycles. The highest BCUT2D eigenvalue weighted by Crippen LogP contribution is 2.37. The van der Waals surface area contributed by atoms with E-state index in [4.69, 9.17) is 10.6 Å². The first-order valence-electron chi connectivity index (χ1n) is 9.20. The van der Waals surface area contributed by atoms with Gasteiger partial charge in [0.2, 0.25) is 11.1 Å². The van der Waals surface area contributed by atoms with Crippen molar-refractivity contribution in [1.82, 2.24) is 14.9 Å². The number of alkyl halides is 3. The number of non-ortho nitro benzene ring substituents is 1. The van der Waals surface area contributed by atoms with E-state index in [1.165, 1.54) is 14.0 Å². The van der Waals surface area contributed by atoms with Crippen molar-refractivity contribution in [1.29, 1.82) is 0 Å². The van der Waals surface area contributed by atoms with Gasteiger partial charge in [-0.2, -0.15) is 13.2 Å². The van der Waals surface area contributed by atoms with E-state index in [-0.39, 0.29) is 11.0 Å². The Bertz CT molecular complexity index is 1200. The molecule has 0 fully saturated rings. The monoisotopic (exact) mass is 482 g/mol. The standard InChI is InChI=1S/C19H17F3N6O4S/c1-10(17(29)24-14-8-7-11(28(30)31)9-13(14)19(20,21)22)33-18-26-25-16(27(18)23)12-5-3-4-6-15(12)32-2/h3-10H,23H2,1-2H3,(H,24,29). The van der Waals surface area contributed by atoms with Gasteiger partial charge in [-0.1, -0.05) is 23.9 Å². The molecular weight excluding hydrogens is 465 g/mol. The topological polar surface area (TPSA) is 138 Å².